The van der Waals surface area contributed by atoms with E-state index >= 15 is 0 Å². The third-order valence-electron chi connectivity index (χ3n) is 3.37. The average molecular weight is 273 g/mol. The van der Waals surface area contributed by atoms with Crippen LogP contribution in [-0.4, -0.2) is 44.5 Å². The van der Waals surface area contributed by atoms with Gasteiger partial charge in [0, 0.05) is 13.0 Å². The van der Waals surface area contributed by atoms with Gasteiger partial charge in [-0.3, -0.25) is 4.79 Å². The summed E-state index contributed by atoms with van der Waals surface area (Å²) < 4.78 is 16.0. The summed E-state index contributed by atoms with van der Waals surface area (Å²) in [6, 6.07) is 0. The van der Waals surface area contributed by atoms with Gasteiger partial charge in [-0.05, 0) is 25.2 Å². The lowest BCUT2D eigenvalue weighted by Gasteiger charge is -2.35. The molecule has 1 rings (SSSR count). The third-order valence-corrected chi connectivity index (χ3v) is 3.37. The first-order valence-corrected chi connectivity index (χ1v) is 7.04. The van der Waals surface area contributed by atoms with Crippen molar-refractivity contribution in [2.45, 2.75) is 51.2 Å². The first-order chi connectivity index (χ1) is 8.98. The Morgan fingerprint density at radius 2 is 2.16 bits per heavy atom. The quantitative estimate of drug-likeness (QED) is 0.562. The Balaban J connectivity index is 2.25. The number of nitrogens with two attached hydrogens (primary N) is 1. The molecule has 1 fully saturated rings. The molecule has 2 unspecified atom stereocenters. The van der Waals surface area contributed by atoms with E-state index in [-0.39, 0.29) is 12.1 Å². The maximum atomic E-state index is 11.7. The molecular weight excluding hydrogens is 246 g/mol. The van der Waals surface area contributed by atoms with Crippen LogP contribution in [0.1, 0.15) is 39.5 Å². The Morgan fingerprint density at radius 1 is 1.42 bits per heavy atom. The molecule has 0 aliphatic heterocycles. The fraction of sp³-hybridized carbons (Fsp3) is 0.929. The third kappa shape index (κ3) is 5.47. The summed E-state index contributed by atoms with van der Waals surface area (Å²) >= 11 is 0. The Hall–Kier alpha value is -0.650. The van der Waals surface area contributed by atoms with Crippen molar-refractivity contribution in [3.63, 3.8) is 0 Å². The zero-order valence-corrected chi connectivity index (χ0v) is 12.3. The van der Waals surface area contributed by atoms with Crippen molar-refractivity contribution in [2.24, 2.45) is 11.7 Å². The van der Waals surface area contributed by atoms with E-state index < -0.39 is 5.54 Å². The molecule has 112 valence electrons. The van der Waals surface area contributed by atoms with Gasteiger partial charge in [0.2, 0.25) is 0 Å². The largest absolute Gasteiger partial charge is 0.468 e. The van der Waals surface area contributed by atoms with Crippen LogP contribution < -0.4 is 5.73 Å². The number of rotatable bonds is 7. The molecule has 0 spiro atoms. The summed E-state index contributed by atoms with van der Waals surface area (Å²) in [7, 11) is 1.38. The average Bonchev–Trinajstić information content (AvgIpc) is 2.37. The molecule has 0 radical (unpaired) electrons. The molecule has 2 N–H and O–H groups in total. The highest BCUT2D eigenvalue weighted by Gasteiger charge is 2.40. The van der Waals surface area contributed by atoms with Crippen LogP contribution in [0, 0.1) is 5.92 Å². The van der Waals surface area contributed by atoms with Crippen LogP contribution in [0.15, 0.2) is 0 Å². The summed E-state index contributed by atoms with van der Waals surface area (Å²) in [6.07, 6.45) is 3.07. The number of esters is 1. The molecule has 1 aliphatic carbocycles. The van der Waals surface area contributed by atoms with Gasteiger partial charge >= 0.3 is 5.97 Å². The van der Waals surface area contributed by atoms with Gasteiger partial charge in [0.15, 0.2) is 0 Å². The number of hydrogen-bond donors (Lipinski definition) is 1. The monoisotopic (exact) mass is 273 g/mol. The van der Waals surface area contributed by atoms with E-state index in [0.29, 0.717) is 32.0 Å². The molecule has 1 aliphatic rings. The van der Waals surface area contributed by atoms with Crippen molar-refractivity contribution < 1.29 is 19.0 Å². The Morgan fingerprint density at radius 3 is 2.79 bits per heavy atom. The maximum Gasteiger partial charge on any atom is 0.325 e. The van der Waals surface area contributed by atoms with E-state index in [1.165, 1.54) is 7.11 Å². The first-order valence-electron chi connectivity index (χ1n) is 7.04. The molecule has 5 nitrogen and oxygen atoms in total. The summed E-state index contributed by atoms with van der Waals surface area (Å²) in [5, 5.41) is 0. The van der Waals surface area contributed by atoms with Crippen molar-refractivity contribution in [1.82, 2.24) is 0 Å². The van der Waals surface area contributed by atoms with Gasteiger partial charge in [-0.25, -0.2) is 0 Å². The summed E-state index contributed by atoms with van der Waals surface area (Å²) in [5.74, 6) is 0.197. The minimum absolute atomic E-state index is 0.0282. The van der Waals surface area contributed by atoms with E-state index in [4.69, 9.17) is 19.9 Å². The van der Waals surface area contributed by atoms with Crippen LogP contribution in [0.5, 0.6) is 0 Å². The molecule has 0 saturated heterocycles. The van der Waals surface area contributed by atoms with E-state index in [2.05, 4.69) is 13.8 Å². The van der Waals surface area contributed by atoms with Crippen LogP contribution in [0.4, 0.5) is 0 Å². The van der Waals surface area contributed by atoms with Gasteiger partial charge in [0.25, 0.3) is 0 Å². The lowest BCUT2D eigenvalue weighted by atomic mass is 9.81. The van der Waals surface area contributed by atoms with Crippen LogP contribution in [0.3, 0.4) is 0 Å². The summed E-state index contributed by atoms with van der Waals surface area (Å²) in [4.78, 5) is 11.7. The predicted molar refractivity (Wildman–Crippen MR) is 72.8 cm³/mol. The second-order valence-electron chi connectivity index (χ2n) is 5.71. The fourth-order valence-electron chi connectivity index (χ4n) is 2.38. The molecule has 5 heteroatoms. The molecule has 2 atom stereocenters. The second kappa shape index (κ2) is 7.82. The molecule has 0 heterocycles. The molecule has 0 bridgehead atoms. The Kier molecular flexibility index (Phi) is 6.75. The SMILES string of the molecule is COC(=O)C1(N)CCCC(OCCOCC(C)C)C1. The molecule has 0 aromatic carbocycles. The lowest BCUT2D eigenvalue weighted by Crippen LogP contribution is -2.53. The normalized spacial score (nSPS) is 27.5. The molecule has 1 saturated carbocycles. The van der Waals surface area contributed by atoms with Crippen molar-refractivity contribution in [3.05, 3.63) is 0 Å². The zero-order chi connectivity index (χ0) is 14.3. The van der Waals surface area contributed by atoms with Crippen LogP contribution in [0.25, 0.3) is 0 Å². The first kappa shape index (κ1) is 16.4. The van der Waals surface area contributed by atoms with E-state index in [9.17, 15) is 4.79 Å². The molecule has 0 aromatic heterocycles. The van der Waals surface area contributed by atoms with E-state index in [0.717, 1.165) is 19.4 Å². The number of ether oxygens (including phenoxy) is 3. The highest BCUT2D eigenvalue weighted by molar-refractivity contribution is 5.80. The summed E-state index contributed by atoms with van der Waals surface area (Å²) in [6.45, 7) is 6.11. The van der Waals surface area contributed by atoms with E-state index in [1.807, 2.05) is 0 Å². The van der Waals surface area contributed by atoms with Gasteiger partial charge < -0.3 is 19.9 Å². The number of carbonyl (C=O) groups is 1. The highest BCUT2D eigenvalue weighted by Crippen LogP contribution is 2.29. The fourth-order valence-corrected chi connectivity index (χ4v) is 2.38. The van der Waals surface area contributed by atoms with Crippen LogP contribution in [-0.2, 0) is 19.0 Å². The van der Waals surface area contributed by atoms with Crippen molar-refractivity contribution in [1.29, 1.82) is 0 Å². The van der Waals surface area contributed by atoms with Crippen molar-refractivity contribution in [2.75, 3.05) is 26.9 Å². The van der Waals surface area contributed by atoms with Gasteiger partial charge in [0.1, 0.15) is 5.54 Å². The predicted octanol–water partition coefficient (Wildman–Crippen LogP) is 1.49. The molecular formula is C14H27NO4. The minimum atomic E-state index is -0.879. The van der Waals surface area contributed by atoms with Gasteiger partial charge in [-0.1, -0.05) is 13.8 Å². The topological polar surface area (TPSA) is 70.8 Å². The Bertz CT molecular complexity index is 283. The van der Waals surface area contributed by atoms with Gasteiger partial charge in [-0.2, -0.15) is 0 Å². The number of methoxy groups -OCH3 is 1. The molecule has 0 aromatic rings. The zero-order valence-electron chi connectivity index (χ0n) is 12.3. The van der Waals surface area contributed by atoms with E-state index in [1.54, 1.807) is 0 Å². The van der Waals surface area contributed by atoms with Crippen LogP contribution in [0.2, 0.25) is 0 Å². The molecule has 0 amide bonds. The minimum Gasteiger partial charge on any atom is -0.468 e. The van der Waals surface area contributed by atoms with Gasteiger partial charge in [-0.15, -0.1) is 0 Å². The van der Waals surface area contributed by atoms with Crippen LogP contribution >= 0.6 is 0 Å². The van der Waals surface area contributed by atoms with Crippen molar-refractivity contribution in [3.8, 4) is 0 Å². The van der Waals surface area contributed by atoms with Crippen molar-refractivity contribution >= 4 is 5.97 Å². The second-order valence-corrected chi connectivity index (χ2v) is 5.71. The smallest absolute Gasteiger partial charge is 0.325 e. The number of hydrogen-bond acceptors (Lipinski definition) is 5. The number of carbonyl (C=O) groups excluding carboxylic acids is 1. The summed E-state index contributed by atoms with van der Waals surface area (Å²) in [5.41, 5.74) is 5.21. The highest BCUT2D eigenvalue weighted by atomic mass is 16.5. The Labute approximate surface area is 115 Å². The lowest BCUT2D eigenvalue weighted by molar-refractivity contribution is -0.151. The van der Waals surface area contributed by atoms with Gasteiger partial charge in [0.05, 0.1) is 26.4 Å². The maximum absolute atomic E-state index is 11.7. The standard InChI is InChI=1S/C14H27NO4/c1-11(2)10-18-7-8-19-12-5-4-6-14(15,9-12)13(16)17-3/h11-12H,4-10,15H2,1-3H3. The molecule has 19 heavy (non-hydrogen) atoms.